The van der Waals surface area contributed by atoms with Crippen LogP contribution in [0.2, 0.25) is 10.0 Å². The van der Waals surface area contributed by atoms with Crippen LogP contribution in [0.1, 0.15) is 24.0 Å². The highest BCUT2D eigenvalue weighted by Crippen LogP contribution is 2.30. The van der Waals surface area contributed by atoms with Gasteiger partial charge in [0, 0.05) is 19.7 Å². The van der Waals surface area contributed by atoms with Gasteiger partial charge in [-0.2, -0.15) is 0 Å². The molecule has 1 unspecified atom stereocenters. The van der Waals surface area contributed by atoms with Crippen molar-refractivity contribution in [2.75, 3.05) is 20.3 Å². The van der Waals surface area contributed by atoms with Crippen LogP contribution < -0.4 is 14.8 Å². The molecule has 0 amide bonds. The lowest BCUT2D eigenvalue weighted by Gasteiger charge is -2.14. The zero-order chi connectivity index (χ0) is 18.4. The van der Waals surface area contributed by atoms with E-state index >= 15 is 0 Å². The quantitative estimate of drug-likeness (QED) is 0.693. The third-order valence-electron chi connectivity index (χ3n) is 4.33. The summed E-state index contributed by atoms with van der Waals surface area (Å²) in [4.78, 5) is 0. The van der Waals surface area contributed by atoms with Crippen molar-refractivity contribution in [3.63, 3.8) is 0 Å². The van der Waals surface area contributed by atoms with Crippen molar-refractivity contribution in [3.05, 3.63) is 57.6 Å². The molecule has 4 nitrogen and oxygen atoms in total. The second-order valence-corrected chi connectivity index (χ2v) is 7.10. The Balaban J connectivity index is 1.56. The van der Waals surface area contributed by atoms with E-state index < -0.39 is 0 Å². The third-order valence-corrected chi connectivity index (χ3v) is 5.07. The first-order chi connectivity index (χ1) is 12.7. The highest BCUT2D eigenvalue weighted by atomic mass is 35.5. The molecule has 1 atom stereocenters. The molecule has 1 heterocycles. The Morgan fingerprint density at radius 2 is 1.92 bits per heavy atom. The second kappa shape index (κ2) is 9.47. The summed E-state index contributed by atoms with van der Waals surface area (Å²) in [6.07, 6.45) is 2.63. The van der Waals surface area contributed by atoms with Crippen LogP contribution in [0.25, 0.3) is 0 Å². The molecular weight excluding hydrogens is 373 g/mol. The fraction of sp³-hybridized carbons (Fsp3) is 0.400. The Kier molecular flexibility index (Phi) is 7.03. The van der Waals surface area contributed by atoms with E-state index in [2.05, 4.69) is 5.32 Å². The summed E-state index contributed by atoms with van der Waals surface area (Å²) in [6, 6.07) is 11.4. The van der Waals surface area contributed by atoms with Crippen molar-refractivity contribution in [1.82, 2.24) is 5.32 Å². The van der Waals surface area contributed by atoms with Crippen LogP contribution in [0.4, 0.5) is 0 Å². The highest BCUT2D eigenvalue weighted by Gasteiger charge is 2.14. The van der Waals surface area contributed by atoms with Crippen LogP contribution in [0.15, 0.2) is 36.4 Å². The summed E-state index contributed by atoms with van der Waals surface area (Å²) in [5.41, 5.74) is 2.09. The van der Waals surface area contributed by atoms with E-state index in [4.69, 9.17) is 37.4 Å². The van der Waals surface area contributed by atoms with E-state index in [-0.39, 0.29) is 0 Å². The molecule has 1 aliphatic heterocycles. The van der Waals surface area contributed by atoms with Gasteiger partial charge in [-0.1, -0.05) is 35.3 Å². The average Bonchev–Trinajstić information content (AvgIpc) is 3.16. The monoisotopic (exact) mass is 395 g/mol. The van der Waals surface area contributed by atoms with Gasteiger partial charge in [-0.3, -0.25) is 0 Å². The maximum absolute atomic E-state index is 6.04. The standard InChI is InChI=1S/C20H23Cl2NO3/c1-24-20-10-14(11-23-12-16-3-2-8-25-16)5-7-19(20)26-13-15-4-6-17(21)18(22)9-15/h4-7,9-10,16,23H,2-3,8,11-13H2,1H3. The first-order valence-electron chi connectivity index (χ1n) is 8.71. The van der Waals surface area contributed by atoms with Gasteiger partial charge in [0.1, 0.15) is 6.61 Å². The number of benzene rings is 2. The number of ether oxygens (including phenoxy) is 3. The molecule has 26 heavy (non-hydrogen) atoms. The molecule has 140 valence electrons. The van der Waals surface area contributed by atoms with Crippen LogP contribution in [0.3, 0.4) is 0 Å². The molecule has 1 saturated heterocycles. The van der Waals surface area contributed by atoms with Gasteiger partial charge in [0.05, 0.1) is 23.3 Å². The van der Waals surface area contributed by atoms with Crippen LogP contribution in [0.5, 0.6) is 11.5 Å². The topological polar surface area (TPSA) is 39.7 Å². The highest BCUT2D eigenvalue weighted by molar-refractivity contribution is 6.42. The molecule has 1 aliphatic rings. The molecule has 0 aromatic heterocycles. The van der Waals surface area contributed by atoms with Gasteiger partial charge in [-0.15, -0.1) is 0 Å². The molecule has 0 radical (unpaired) electrons. The van der Waals surface area contributed by atoms with Crippen molar-refractivity contribution < 1.29 is 14.2 Å². The summed E-state index contributed by atoms with van der Waals surface area (Å²) in [6.45, 7) is 2.91. The number of hydrogen-bond acceptors (Lipinski definition) is 4. The van der Waals surface area contributed by atoms with Crippen molar-refractivity contribution in [2.45, 2.75) is 32.1 Å². The minimum absolute atomic E-state index is 0.339. The van der Waals surface area contributed by atoms with Crippen molar-refractivity contribution in [2.24, 2.45) is 0 Å². The smallest absolute Gasteiger partial charge is 0.161 e. The van der Waals surface area contributed by atoms with Crippen LogP contribution in [0, 0.1) is 0 Å². The summed E-state index contributed by atoms with van der Waals surface area (Å²) in [7, 11) is 1.64. The first-order valence-corrected chi connectivity index (χ1v) is 9.47. The van der Waals surface area contributed by atoms with E-state index in [1.54, 1.807) is 19.2 Å². The number of hydrogen-bond donors (Lipinski definition) is 1. The lowest BCUT2D eigenvalue weighted by molar-refractivity contribution is 0.110. The molecular formula is C20H23Cl2NO3. The predicted octanol–water partition coefficient (Wildman–Crippen LogP) is 4.85. The lowest BCUT2D eigenvalue weighted by Crippen LogP contribution is -2.25. The zero-order valence-electron chi connectivity index (χ0n) is 14.8. The molecule has 0 saturated carbocycles. The summed E-state index contributed by atoms with van der Waals surface area (Å²) in [5.74, 6) is 1.41. The van der Waals surface area contributed by atoms with E-state index in [1.807, 2.05) is 24.3 Å². The molecule has 1 N–H and O–H groups in total. The van der Waals surface area contributed by atoms with E-state index in [0.29, 0.717) is 34.3 Å². The van der Waals surface area contributed by atoms with Gasteiger partial charge in [0.2, 0.25) is 0 Å². The van der Waals surface area contributed by atoms with Crippen molar-refractivity contribution in [1.29, 1.82) is 0 Å². The number of nitrogens with one attached hydrogen (secondary N) is 1. The summed E-state index contributed by atoms with van der Waals surface area (Å²) in [5, 5.41) is 4.49. The largest absolute Gasteiger partial charge is 0.493 e. The van der Waals surface area contributed by atoms with Crippen LogP contribution in [-0.2, 0) is 17.9 Å². The van der Waals surface area contributed by atoms with E-state index in [9.17, 15) is 0 Å². The van der Waals surface area contributed by atoms with Crippen molar-refractivity contribution >= 4 is 23.2 Å². The fourth-order valence-electron chi connectivity index (χ4n) is 2.91. The van der Waals surface area contributed by atoms with Gasteiger partial charge < -0.3 is 19.5 Å². The Bertz CT molecular complexity index is 733. The maximum atomic E-state index is 6.04. The molecule has 0 aliphatic carbocycles. The number of methoxy groups -OCH3 is 1. The van der Waals surface area contributed by atoms with Crippen LogP contribution >= 0.6 is 23.2 Å². The Hall–Kier alpha value is -1.46. The van der Waals surface area contributed by atoms with Gasteiger partial charge >= 0.3 is 0 Å². The molecule has 0 spiro atoms. The van der Waals surface area contributed by atoms with E-state index in [0.717, 1.165) is 43.7 Å². The first kappa shape index (κ1) is 19.3. The molecule has 2 aromatic carbocycles. The molecule has 2 aromatic rings. The fourth-order valence-corrected chi connectivity index (χ4v) is 3.24. The van der Waals surface area contributed by atoms with Crippen LogP contribution in [-0.4, -0.2) is 26.4 Å². The zero-order valence-corrected chi connectivity index (χ0v) is 16.3. The molecule has 1 fully saturated rings. The normalized spacial score (nSPS) is 16.7. The van der Waals surface area contributed by atoms with E-state index in [1.165, 1.54) is 0 Å². The average molecular weight is 396 g/mol. The van der Waals surface area contributed by atoms with Gasteiger partial charge in [0.25, 0.3) is 0 Å². The lowest BCUT2D eigenvalue weighted by atomic mass is 10.2. The van der Waals surface area contributed by atoms with Gasteiger partial charge in [-0.05, 0) is 48.2 Å². The van der Waals surface area contributed by atoms with Gasteiger partial charge in [-0.25, -0.2) is 0 Å². The maximum Gasteiger partial charge on any atom is 0.161 e. The molecule has 3 rings (SSSR count). The molecule has 6 heteroatoms. The van der Waals surface area contributed by atoms with Crippen molar-refractivity contribution in [3.8, 4) is 11.5 Å². The Labute approximate surface area is 164 Å². The molecule has 0 bridgehead atoms. The summed E-state index contributed by atoms with van der Waals surface area (Å²) >= 11 is 12.0. The Morgan fingerprint density at radius 1 is 1.08 bits per heavy atom. The number of rotatable bonds is 8. The number of halogens is 2. The SMILES string of the molecule is COc1cc(CNCC2CCCO2)ccc1OCc1ccc(Cl)c(Cl)c1. The summed E-state index contributed by atoms with van der Waals surface area (Å²) < 4.78 is 17.0. The predicted molar refractivity (Wildman–Crippen MR) is 104 cm³/mol. The third kappa shape index (κ3) is 5.27. The second-order valence-electron chi connectivity index (χ2n) is 6.29. The minimum atomic E-state index is 0.339. The van der Waals surface area contributed by atoms with Gasteiger partial charge in [0.15, 0.2) is 11.5 Å². The Morgan fingerprint density at radius 3 is 2.65 bits per heavy atom. The minimum Gasteiger partial charge on any atom is -0.493 e.